The molecule has 134 valence electrons. The molecule has 1 aliphatic rings. The summed E-state index contributed by atoms with van der Waals surface area (Å²) in [5.74, 6) is 1.57. The molecule has 1 heterocycles. The van der Waals surface area contributed by atoms with Crippen molar-refractivity contribution in [3.05, 3.63) is 29.8 Å². The van der Waals surface area contributed by atoms with Gasteiger partial charge < -0.3 is 5.32 Å². The molecule has 0 saturated heterocycles. The van der Waals surface area contributed by atoms with E-state index in [0.717, 1.165) is 12.1 Å². The Balaban J connectivity index is 1.58. The summed E-state index contributed by atoms with van der Waals surface area (Å²) in [4.78, 5) is 12.3. The Labute approximate surface area is 152 Å². The van der Waals surface area contributed by atoms with Crippen LogP contribution in [0.15, 0.2) is 29.4 Å². The van der Waals surface area contributed by atoms with E-state index in [9.17, 15) is 4.79 Å². The fourth-order valence-corrected chi connectivity index (χ4v) is 3.98. The van der Waals surface area contributed by atoms with Crippen LogP contribution in [0.3, 0.4) is 0 Å². The summed E-state index contributed by atoms with van der Waals surface area (Å²) >= 11 is 1.37. The number of tetrazole rings is 1. The predicted octanol–water partition coefficient (Wildman–Crippen LogP) is 3.00. The highest BCUT2D eigenvalue weighted by molar-refractivity contribution is 7.99. The highest BCUT2D eigenvalue weighted by Gasteiger charge is 2.28. The number of carbonyl (C=O) groups is 1. The number of hydrogen-bond donors (Lipinski definition) is 1. The Kier molecular flexibility index (Phi) is 5.73. The van der Waals surface area contributed by atoms with Crippen molar-refractivity contribution in [1.29, 1.82) is 0 Å². The van der Waals surface area contributed by atoms with Crippen LogP contribution in [-0.2, 0) is 4.79 Å². The summed E-state index contributed by atoms with van der Waals surface area (Å²) in [6.07, 6.45) is 3.52. The first-order valence-electron chi connectivity index (χ1n) is 8.82. The summed E-state index contributed by atoms with van der Waals surface area (Å²) in [5, 5.41) is 15.6. The lowest BCUT2D eigenvalue weighted by atomic mass is 9.78. The lowest BCUT2D eigenvalue weighted by Crippen LogP contribution is -2.44. The number of aryl methyl sites for hydroxylation is 1. The number of rotatable bonds is 5. The van der Waals surface area contributed by atoms with Gasteiger partial charge in [-0.15, -0.1) is 5.10 Å². The van der Waals surface area contributed by atoms with E-state index < -0.39 is 0 Å². The summed E-state index contributed by atoms with van der Waals surface area (Å²) < 4.78 is 1.67. The molecule has 0 aliphatic heterocycles. The van der Waals surface area contributed by atoms with Crippen LogP contribution in [-0.4, -0.2) is 37.9 Å². The molecule has 3 rings (SSSR count). The van der Waals surface area contributed by atoms with Crippen LogP contribution in [0.1, 0.15) is 38.7 Å². The first-order chi connectivity index (χ1) is 12.0. The van der Waals surface area contributed by atoms with Crippen molar-refractivity contribution in [1.82, 2.24) is 25.5 Å². The Morgan fingerprint density at radius 1 is 1.28 bits per heavy atom. The van der Waals surface area contributed by atoms with Crippen LogP contribution in [0.4, 0.5) is 0 Å². The van der Waals surface area contributed by atoms with E-state index in [-0.39, 0.29) is 11.9 Å². The molecule has 0 radical (unpaired) electrons. The molecule has 25 heavy (non-hydrogen) atoms. The van der Waals surface area contributed by atoms with Crippen molar-refractivity contribution in [2.45, 2.75) is 51.2 Å². The monoisotopic (exact) mass is 359 g/mol. The van der Waals surface area contributed by atoms with E-state index in [2.05, 4.69) is 34.7 Å². The van der Waals surface area contributed by atoms with Gasteiger partial charge in [-0.25, -0.2) is 0 Å². The quantitative estimate of drug-likeness (QED) is 0.831. The van der Waals surface area contributed by atoms with Gasteiger partial charge in [0.1, 0.15) is 0 Å². The van der Waals surface area contributed by atoms with Gasteiger partial charge in [-0.3, -0.25) is 4.79 Å². The van der Waals surface area contributed by atoms with E-state index in [0.29, 0.717) is 22.7 Å². The molecule has 0 bridgehead atoms. The Bertz CT molecular complexity index is 715. The second kappa shape index (κ2) is 7.99. The molecule has 1 amide bonds. The minimum absolute atomic E-state index is 0.0504. The van der Waals surface area contributed by atoms with Gasteiger partial charge in [0.05, 0.1) is 11.4 Å². The topological polar surface area (TPSA) is 72.7 Å². The van der Waals surface area contributed by atoms with Crippen LogP contribution in [0.5, 0.6) is 0 Å². The van der Waals surface area contributed by atoms with Gasteiger partial charge in [0.2, 0.25) is 11.1 Å². The van der Waals surface area contributed by atoms with Crippen molar-refractivity contribution >= 4 is 17.7 Å². The lowest BCUT2D eigenvalue weighted by molar-refractivity contribution is -0.120. The Morgan fingerprint density at radius 2 is 2.04 bits per heavy atom. The minimum Gasteiger partial charge on any atom is -0.352 e. The Morgan fingerprint density at radius 3 is 2.80 bits per heavy atom. The number of nitrogens with zero attached hydrogens (tertiary/aromatic N) is 4. The van der Waals surface area contributed by atoms with Gasteiger partial charge in [0.15, 0.2) is 0 Å². The number of aromatic nitrogens is 4. The number of thioether (sulfide) groups is 1. The predicted molar refractivity (Wildman–Crippen MR) is 98.7 cm³/mol. The second-order valence-corrected chi connectivity index (χ2v) is 7.88. The van der Waals surface area contributed by atoms with Crippen molar-refractivity contribution in [2.75, 3.05) is 5.75 Å². The minimum atomic E-state index is 0.0504. The fraction of sp³-hybridized carbons (Fsp3) is 0.556. The van der Waals surface area contributed by atoms with Gasteiger partial charge in [0, 0.05) is 6.04 Å². The maximum atomic E-state index is 12.3. The maximum Gasteiger partial charge on any atom is 0.230 e. The Hall–Kier alpha value is -1.89. The zero-order valence-electron chi connectivity index (χ0n) is 15.0. The van der Waals surface area contributed by atoms with Crippen LogP contribution >= 0.6 is 11.8 Å². The molecule has 7 heteroatoms. The molecule has 1 N–H and O–H groups in total. The third kappa shape index (κ3) is 4.39. The van der Waals surface area contributed by atoms with Crippen LogP contribution < -0.4 is 5.32 Å². The van der Waals surface area contributed by atoms with Crippen LogP contribution in [0.25, 0.3) is 5.69 Å². The molecule has 6 nitrogen and oxygen atoms in total. The van der Waals surface area contributed by atoms with E-state index in [1.165, 1.54) is 30.2 Å². The zero-order chi connectivity index (χ0) is 17.8. The zero-order valence-corrected chi connectivity index (χ0v) is 15.8. The van der Waals surface area contributed by atoms with E-state index in [1.54, 1.807) is 4.68 Å². The molecule has 0 spiro atoms. The van der Waals surface area contributed by atoms with E-state index in [4.69, 9.17) is 0 Å². The molecule has 3 atom stereocenters. The smallest absolute Gasteiger partial charge is 0.230 e. The first kappa shape index (κ1) is 17.9. The van der Waals surface area contributed by atoms with Crippen LogP contribution in [0, 0.1) is 18.8 Å². The summed E-state index contributed by atoms with van der Waals surface area (Å²) in [7, 11) is 0. The second-order valence-electron chi connectivity index (χ2n) is 6.94. The average molecular weight is 359 g/mol. The van der Waals surface area contributed by atoms with Crippen LogP contribution in [0.2, 0.25) is 0 Å². The SMILES string of the molecule is Cc1ccc(-n2nnnc2SCC(=O)N[C@H]2CCC[C@@H](C)[C@@H]2C)cc1. The number of carbonyl (C=O) groups excluding carboxylic acids is 1. The maximum absolute atomic E-state index is 12.3. The summed E-state index contributed by atoms with van der Waals surface area (Å²) in [6, 6.07) is 8.26. The van der Waals surface area contributed by atoms with Gasteiger partial charge in [-0.2, -0.15) is 4.68 Å². The molecule has 1 aromatic heterocycles. The molecule has 1 aliphatic carbocycles. The van der Waals surface area contributed by atoms with Gasteiger partial charge >= 0.3 is 0 Å². The largest absolute Gasteiger partial charge is 0.352 e. The van der Waals surface area contributed by atoms with Gasteiger partial charge in [-0.05, 0) is 47.7 Å². The number of nitrogens with one attached hydrogen (secondary N) is 1. The molecular formula is C18H25N5OS. The fourth-order valence-electron chi connectivity index (χ4n) is 3.28. The lowest BCUT2D eigenvalue weighted by Gasteiger charge is -2.34. The molecular weight excluding hydrogens is 334 g/mol. The third-order valence-electron chi connectivity index (χ3n) is 5.11. The molecule has 0 unspecified atom stereocenters. The van der Waals surface area contributed by atoms with Crippen molar-refractivity contribution in [3.63, 3.8) is 0 Å². The summed E-state index contributed by atoms with van der Waals surface area (Å²) in [6.45, 7) is 6.55. The van der Waals surface area contributed by atoms with Gasteiger partial charge in [-0.1, -0.05) is 56.1 Å². The van der Waals surface area contributed by atoms with E-state index in [1.807, 2.05) is 31.2 Å². The average Bonchev–Trinajstić information content (AvgIpc) is 3.06. The normalized spacial score (nSPS) is 23.4. The standard InChI is InChI=1S/C18H25N5OS/c1-12-7-9-15(10-8-12)23-18(20-21-22-23)25-11-17(24)19-16-6-4-5-13(2)14(16)3/h7-10,13-14,16H,4-6,11H2,1-3H3,(H,19,24)/t13-,14+,16+/m1/s1. The van der Waals surface area contributed by atoms with Crippen molar-refractivity contribution < 1.29 is 4.79 Å². The molecule has 2 aromatic rings. The van der Waals surface area contributed by atoms with Gasteiger partial charge in [0.25, 0.3) is 0 Å². The number of amides is 1. The highest BCUT2D eigenvalue weighted by atomic mass is 32.2. The highest BCUT2D eigenvalue weighted by Crippen LogP contribution is 2.29. The first-order valence-corrected chi connectivity index (χ1v) is 9.80. The molecule has 1 fully saturated rings. The van der Waals surface area contributed by atoms with Crippen molar-refractivity contribution in [2.24, 2.45) is 11.8 Å². The molecule has 1 saturated carbocycles. The van der Waals surface area contributed by atoms with E-state index >= 15 is 0 Å². The number of hydrogen-bond acceptors (Lipinski definition) is 5. The van der Waals surface area contributed by atoms with Crippen molar-refractivity contribution in [3.8, 4) is 5.69 Å². The third-order valence-corrected chi connectivity index (χ3v) is 6.02. The number of benzene rings is 1. The molecule has 1 aromatic carbocycles. The summed E-state index contributed by atoms with van der Waals surface area (Å²) in [5.41, 5.74) is 2.08.